The summed E-state index contributed by atoms with van der Waals surface area (Å²) >= 11 is 0. The van der Waals surface area contributed by atoms with Crippen LogP contribution in [0.25, 0.3) is 6.08 Å². The summed E-state index contributed by atoms with van der Waals surface area (Å²) < 4.78 is 0. The van der Waals surface area contributed by atoms with E-state index in [0.717, 1.165) is 44.3 Å². The van der Waals surface area contributed by atoms with Gasteiger partial charge in [-0.15, -0.1) is 0 Å². The molecule has 2 aromatic carbocycles. The lowest BCUT2D eigenvalue weighted by molar-refractivity contribution is -0.116. The van der Waals surface area contributed by atoms with Crippen LogP contribution in [0.3, 0.4) is 0 Å². The molecule has 0 aliphatic carbocycles. The largest absolute Gasteiger partial charge is 0.364 e. The predicted molar refractivity (Wildman–Crippen MR) is 131 cm³/mol. The number of aromatic nitrogens is 1. The van der Waals surface area contributed by atoms with Gasteiger partial charge in [0.2, 0.25) is 5.91 Å². The van der Waals surface area contributed by atoms with Crippen molar-refractivity contribution in [1.82, 2.24) is 10.3 Å². The van der Waals surface area contributed by atoms with Crippen LogP contribution < -0.4 is 10.2 Å². The molecule has 0 saturated carbocycles. The van der Waals surface area contributed by atoms with E-state index in [1.807, 2.05) is 12.1 Å². The molecule has 4 heteroatoms. The van der Waals surface area contributed by atoms with Gasteiger partial charge in [-0.3, -0.25) is 9.78 Å². The Labute approximate surface area is 191 Å². The van der Waals surface area contributed by atoms with Crippen molar-refractivity contribution in [1.29, 1.82) is 0 Å². The molecule has 0 spiro atoms. The summed E-state index contributed by atoms with van der Waals surface area (Å²) in [5.74, 6) is -0.0479. The van der Waals surface area contributed by atoms with Crippen LogP contribution in [0.1, 0.15) is 48.4 Å². The Morgan fingerprint density at radius 3 is 2.62 bits per heavy atom. The third-order valence-corrected chi connectivity index (χ3v) is 6.01. The van der Waals surface area contributed by atoms with E-state index in [0.29, 0.717) is 6.04 Å². The van der Waals surface area contributed by atoms with Crippen molar-refractivity contribution in [2.24, 2.45) is 0 Å². The van der Waals surface area contributed by atoms with Gasteiger partial charge in [-0.25, -0.2) is 0 Å². The van der Waals surface area contributed by atoms with Gasteiger partial charge < -0.3 is 10.2 Å². The van der Waals surface area contributed by atoms with Crippen molar-refractivity contribution < 1.29 is 4.79 Å². The molecule has 0 bridgehead atoms. The Kier molecular flexibility index (Phi) is 7.69. The van der Waals surface area contributed by atoms with Crippen LogP contribution in [0.4, 0.5) is 5.69 Å². The summed E-state index contributed by atoms with van der Waals surface area (Å²) in [6.07, 6.45) is 12.4. The first-order valence-corrected chi connectivity index (χ1v) is 11.6. The van der Waals surface area contributed by atoms with E-state index in [2.05, 4.69) is 69.8 Å². The van der Waals surface area contributed by atoms with Crippen molar-refractivity contribution in [3.05, 3.63) is 102 Å². The summed E-state index contributed by atoms with van der Waals surface area (Å²) in [7, 11) is 0. The van der Waals surface area contributed by atoms with Crippen LogP contribution in [0.5, 0.6) is 0 Å². The van der Waals surface area contributed by atoms with Crippen molar-refractivity contribution in [3.8, 4) is 0 Å². The summed E-state index contributed by atoms with van der Waals surface area (Å²) in [6.45, 7) is 1.78. The minimum atomic E-state index is -0.0479. The van der Waals surface area contributed by atoms with Crippen LogP contribution >= 0.6 is 0 Å². The maximum Gasteiger partial charge on any atom is 0.243 e. The first kappa shape index (κ1) is 21.8. The van der Waals surface area contributed by atoms with Crippen LogP contribution in [0.2, 0.25) is 0 Å². The molecular weight excluding hydrogens is 394 g/mol. The molecule has 0 radical (unpaired) electrons. The van der Waals surface area contributed by atoms with Gasteiger partial charge in [-0.2, -0.15) is 0 Å². The second kappa shape index (κ2) is 11.3. The second-order valence-corrected chi connectivity index (χ2v) is 8.28. The summed E-state index contributed by atoms with van der Waals surface area (Å²) in [6, 6.07) is 23.9. The van der Waals surface area contributed by atoms with E-state index in [4.69, 9.17) is 0 Å². The van der Waals surface area contributed by atoms with Gasteiger partial charge in [0.15, 0.2) is 0 Å². The molecule has 32 heavy (non-hydrogen) atoms. The Morgan fingerprint density at radius 1 is 0.969 bits per heavy atom. The average molecular weight is 426 g/mol. The first-order chi connectivity index (χ1) is 15.8. The molecular formula is C28H31N3O. The standard InChI is InChI=1S/C28H31N3O/c32-28(17-16-23-11-10-18-29-22-23)30-19-8-1-2-9-20-31-26-15-7-6-14-25(26)21-27(31)24-12-4-3-5-13-24/h3-7,10-18,22,27H,1-2,8-9,19-21H2,(H,30,32)/b17-16+. The summed E-state index contributed by atoms with van der Waals surface area (Å²) in [5, 5.41) is 2.97. The topological polar surface area (TPSA) is 45.2 Å². The van der Waals surface area contributed by atoms with E-state index in [9.17, 15) is 4.79 Å². The third kappa shape index (κ3) is 5.85. The van der Waals surface area contributed by atoms with Gasteiger partial charge >= 0.3 is 0 Å². The number of carbonyl (C=O) groups is 1. The Balaban J connectivity index is 1.18. The van der Waals surface area contributed by atoms with Crippen molar-refractivity contribution in [2.75, 3.05) is 18.0 Å². The smallest absolute Gasteiger partial charge is 0.243 e. The average Bonchev–Trinajstić information content (AvgIpc) is 3.22. The number of rotatable bonds is 10. The van der Waals surface area contributed by atoms with Gasteiger partial charge in [-0.1, -0.05) is 67.4 Å². The Hall–Kier alpha value is -3.40. The van der Waals surface area contributed by atoms with Crippen molar-refractivity contribution >= 4 is 17.7 Å². The van der Waals surface area contributed by atoms with Crippen LogP contribution in [0.15, 0.2) is 85.2 Å². The zero-order valence-corrected chi connectivity index (χ0v) is 18.5. The minimum absolute atomic E-state index is 0.0479. The molecule has 0 saturated heterocycles. The SMILES string of the molecule is O=C(/C=C/c1cccnc1)NCCCCCCN1c2ccccc2CC1c1ccccc1. The maximum absolute atomic E-state index is 11.9. The first-order valence-electron chi connectivity index (χ1n) is 11.6. The Bertz CT molecular complexity index is 1020. The number of para-hydroxylation sites is 1. The summed E-state index contributed by atoms with van der Waals surface area (Å²) in [5.41, 5.74) is 5.16. The van der Waals surface area contributed by atoms with Crippen LogP contribution in [0, 0.1) is 0 Å². The molecule has 1 atom stereocenters. The fourth-order valence-electron chi connectivity index (χ4n) is 4.38. The molecule has 1 N–H and O–H groups in total. The highest BCUT2D eigenvalue weighted by Crippen LogP contribution is 2.40. The zero-order valence-electron chi connectivity index (χ0n) is 18.5. The molecule has 4 nitrogen and oxygen atoms in total. The summed E-state index contributed by atoms with van der Waals surface area (Å²) in [4.78, 5) is 18.6. The van der Waals surface area contributed by atoms with Gasteiger partial charge in [0.25, 0.3) is 0 Å². The fourth-order valence-corrected chi connectivity index (χ4v) is 4.38. The molecule has 1 amide bonds. The maximum atomic E-state index is 11.9. The zero-order chi connectivity index (χ0) is 22.0. The molecule has 3 aromatic rings. The van der Waals surface area contributed by atoms with E-state index >= 15 is 0 Å². The quantitative estimate of drug-likeness (QED) is 0.341. The molecule has 1 aliphatic heterocycles. The lowest BCUT2D eigenvalue weighted by Gasteiger charge is -2.28. The monoisotopic (exact) mass is 425 g/mol. The van der Waals surface area contributed by atoms with E-state index in [1.165, 1.54) is 23.2 Å². The highest BCUT2D eigenvalue weighted by atomic mass is 16.1. The number of unbranched alkanes of at least 4 members (excludes halogenated alkanes) is 3. The minimum Gasteiger partial charge on any atom is -0.364 e. The number of hydrogen-bond acceptors (Lipinski definition) is 3. The molecule has 164 valence electrons. The number of pyridine rings is 1. The number of amides is 1. The number of nitrogens with one attached hydrogen (secondary N) is 1. The number of hydrogen-bond donors (Lipinski definition) is 1. The van der Waals surface area contributed by atoms with Crippen molar-refractivity contribution in [2.45, 2.75) is 38.1 Å². The lowest BCUT2D eigenvalue weighted by Crippen LogP contribution is -2.26. The van der Waals surface area contributed by atoms with Gasteiger partial charge in [0.05, 0.1) is 6.04 Å². The van der Waals surface area contributed by atoms with E-state index in [1.54, 1.807) is 24.5 Å². The van der Waals surface area contributed by atoms with Gasteiger partial charge in [0.1, 0.15) is 0 Å². The lowest BCUT2D eigenvalue weighted by atomic mass is 10.0. The third-order valence-electron chi connectivity index (χ3n) is 6.01. The van der Waals surface area contributed by atoms with Crippen molar-refractivity contribution in [3.63, 3.8) is 0 Å². The number of carbonyl (C=O) groups excluding carboxylic acids is 1. The van der Waals surface area contributed by atoms with Crippen LogP contribution in [-0.2, 0) is 11.2 Å². The number of nitrogens with zero attached hydrogens (tertiary/aromatic N) is 2. The Morgan fingerprint density at radius 2 is 1.78 bits per heavy atom. The highest BCUT2D eigenvalue weighted by Gasteiger charge is 2.29. The highest BCUT2D eigenvalue weighted by molar-refractivity contribution is 5.91. The van der Waals surface area contributed by atoms with Crippen LogP contribution in [-0.4, -0.2) is 24.0 Å². The predicted octanol–water partition coefficient (Wildman–Crippen LogP) is 5.58. The normalized spacial score (nSPS) is 15.1. The molecule has 1 unspecified atom stereocenters. The molecule has 2 heterocycles. The molecule has 0 fully saturated rings. The number of benzene rings is 2. The van der Waals surface area contributed by atoms with Gasteiger partial charge in [-0.05, 0) is 54.2 Å². The molecule has 4 rings (SSSR count). The molecule has 1 aliphatic rings. The number of fused-ring (bicyclic) bond motifs is 1. The number of anilines is 1. The van der Waals surface area contributed by atoms with Gasteiger partial charge in [0, 0.05) is 37.2 Å². The second-order valence-electron chi connectivity index (χ2n) is 8.28. The molecule has 1 aromatic heterocycles. The fraction of sp³-hybridized carbons (Fsp3) is 0.286. The van der Waals surface area contributed by atoms with E-state index < -0.39 is 0 Å². The van der Waals surface area contributed by atoms with E-state index in [-0.39, 0.29) is 5.91 Å².